The van der Waals surface area contributed by atoms with Crippen LogP contribution in [0.15, 0.2) is 34.1 Å². The van der Waals surface area contributed by atoms with Crippen LogP contribution in [0.5, 0.6) is 0 Å². The van der Waals surface area contributed by atoms with E-state index >= 15 is 0 Å². The second-order valence-corrected chi connectivity index (χ2v) is 5.50. The van der Waals surface area contributed by atoms with Crippen LogP contribution in [0.25, 0.3) is 0 Å². The fourth-order valence-corrected chi connectivity index (χ4v) is 3.63. The van der Waals surface area contributed by atoms with Crippen LogP contribution in [-0.4, -0.2) is 4.69 Å². The monoisotopic (exact) mass is 186 g/mol. The lowest BCUT2D eigenvalue weighted by Crippen LogP contribution is -1.78. The number of hydrogen-bond donors (Lipinski definition) is 0. The molecule has 0 fully saturated rings. The molecule has 0 saturated carbocycles. The van der Waals surface area contributed by atoms with E-state index in [4.69, 9.17) is 11.5 Å². The van der Waals surface area contributed by atoms with Crippen molar-refractivity contribution in [1.29, 1.82) is 0 Å². The highest BCUT2D eigenvalue weighted by Gasteiger charge is 2.23. The molecular formula is C6H4BClS2. The van der Waals surface area contributed by atoms with Gasteiger partial charge in [-0.3, -0.25) is 0 Å². The lowest BCUT2D eigenvalue weighted by atomic mass is 10.4. The van der Waals surface area contributed by atoms with Gasteiger partial charge in [-0.2, -0.15) is 11.5 Å². The predicted molar refractivity (Wildman–Crippen MR) is 49.8 cm³/mol. The number of hydrogen-bond acceptors (Lipinski definition) is 2. The Morgan fingerprint density at radius 2 is 1.60 bits per heavy atom. The minimum atomic E-state index is 0.178. The first-order valence-electron chi connectivity index (χ1n) is 2.93. The molecule has 2 rings (SSSR count). The molecule has 1 aliphatic rings. The summed E-state index contributed by atoms with van der Waals surface area (Å²) in [6, 6.07) is 8.30. The predicted octanol–water partition coefficient (Wildman–Crippen LogP) is 3.11. The van der Waals surface area contributed by atoms with Crippen LogP contribution in [0.2, 0.25) is 0 Å². The zero-order chi connectivity index (χ0) is 6.97. The maximum absolute atomic E-state index is 5.90. The zero-order valence-corrected chi connectivity index (χ0v) is 7.47. The van der Waals surface area contributed by atoms with Gasteiger partial charge in [-0.15, -0.1) is 23.2 Å². The van der Waals surface area contributed by atoms with Gasteiger partial charge in [0.15, 0.2) is 0 Å². The summed E-state index contributed by atoms with van der Waals surface area (Å²) >= 11 is 9.34. The second-order valence-electron chi connectivity index (χ2n) is 1.96. The number of rotatable bonds is 0. The highest BCUT2D eigenvalue weighted by atomic mass is 35.5. The summed E-state index contributed by atoms with van der Waals surface area (Å²) in [5.74, 6) is 0. The molecule has 0 bridgehead atoms. The normalized spacial score (nSPS) is 15.5. The van der Waals surface area contributed by atoms with Crippen molar-refractivity contribution in [3.8, 4) is 0 Å². The molecular weight excluding hydrogens is 182 g/mol. The molecule has 0 spiro atoms. The van der Waals surface area contributed by atoms with Gasteiger partial charge in [-0.05, 0) is 12.1 Å². The van der Waals surface area contributed by atoms with Gasteiger partial charge in [0, 0.05) is 9.79 Å². The lowest BCUT2D eigenvalue weighted by Gasteiger charge is -1.91. The van der Waals surface area contributed by atoms with Gasteiger partial charge in [-0.25, -0.2) is 0 Å². The first-order valence-corrected chi connectivity index (χ1v) is 5.12. The molecule has 0 N–H and O–H groups in total. The highest BCUT2D eigenvalue weighted by molar-refractivity contribution is 8.60. The van der Waals surface area contributed by atoms with Crippen molar-refractivity contribution in [1.82, 2.24) is 0 Å². The van der Waals surface area contributed by atoms with Crippen molar-refractivity contribution in [2.45, 2.75) is 9.79 Å². The van der Waals surface area contributed by atoms with Gasteiger partial charge in [0.25, 0.3) is 0 Å². The molecule has 0 amide bonds. The van der Waals surface area contributed by atoms with Crippen molar-refractivity contribution in [2.75, 3.05) is 0 Å². The van der Waals surface area contributed by atoms with Crippen LogP contribution >= 0.6 is 34.7 Å². The Hall–Kier alpha value is 0.275. The van der Waals surface area contributed by atoms with Gasteiger partial charge < -0.3 is 0 Å². The lowest BCUT2D eigenvalue weighted by molar-refractivity contribution is 1.27. The third-order valence-corrected chi connectivity index (χ3v) is 4.12. The first-order chi connectivity index (χ1) is 4.86. The third-order valence-electron chi connectivity index (χ3n) is 1.29. The Kier molecular flexibility index (Phi) is 1.89. The van der Waals surface area contributed by atoms with Crippen LogP contribution in [0.4, 0.5) is 0 Å². The van der Waals surface area contributed by atoms with Crippen LogP contribution in [0, 0.1) is 0 Å². The number of halogens is 1. The quantitative estimate of drug-likeness (QED) is 0.571. The summed E-state index contributed by atoms with van der Waals surface area (Å²) in [5, 5.41) is 0. The van der Waals surface area contributed by atoms with E-state index in [1.165, 1.54) is 9.79 Å². The van der Waals surface area contributed by atoms with Crippen molar-refractivity contribution in [3.05, 3.63) is 24.3 Å². The van der Waals surface area contributed by atoms with Gasteiger partial charge in [0.2, 0.25) is 0 Å². The summed E-state index contributed by atoms with van der Waals surface area (Å²) in [6.07, 6.45) is 0. The molecule has 1 aliphatic heterocycles. The molecule has 10 heavy (non-hydrogen) atoms. The van der Waals surface area contributed by atoms with Crippen molar-refractivity contribution in [3.63, 3.8) is 0 Å². The van der Waals surface area contributed by atoms with E-state index in [2.05, 4.69) is 12.1 Å². The molecule has 1 aromatic rings. The van der Waals surface area contributed by atoms with Gasteiger partial charge >= 0.3 is 4.69 Å². The smallest absolute Gasteiger partial charge is 0.162 e. The Labute approximate surface area is 73.5 Å². The molecule has 1 heterocycles. The molecule has 0 aliphatic carbocycles. The fourth-order valence-electron chi connectivity index (χ4n) is 0.869. The maximum atomic E-state index is 5.90. The van der Waals surface area contributed by atoms with E-state index in [-0.39, 0.29) is 4.69 Å². The van der Waals surface area contributed by atoms with E-state index in [9.17, 15) is 0 Å². The van der Waals surface area contributed by atoms with Crippen molar-refractivity contribution in [2.24, 2.45) is 0 Å². The van der Waals surface area contributed by atoms with Crippen LogP contribution in [-0.2, 0) is 0 Å². The summed E-state index contributed by atoms with van der Waals surface area (Å²) in [5.41, 5.74) is 0. The average molecular weight is 186 g/mol. The topological polar surface area (TPSA) is 0 Å². The molecule has 0 nitrogen and oxygen atoms in total. The molecule has 50 valence electrons. The molecule has 0 unspecified atom stereocenters. The summed E-state index contributed by atoms with van der Waals surface area (Å²) < 4.78 is 0.178. The third kappa shape index (κ3) is 1.18. The summed E-state index contributed by atoms with van der Waals surface area (Å²) in [6.45, 7) is 0. The minimum absolute atomic E-state index is 0.178. The van der Waals surface area contributed by atoms with Crippen LogP contribution < -0.4 is 0 Å². The van der Waals surface area contributed by atoms with Gasteiger partial charge in [-0.1, -0.05) is 12.1 Å². The zero-order valence-electron chi connectivity index (χ0n) is 5.08. The fraction of sp³-hybridized carbons (Fsp3) is 0. The van der Waals surface area contributed by atoms with Crippen LogP contribution in [0.3, 0.4) is 0 Å². The van der Waals surface area contributed by atoms with Crippen molar-refractivity contribution < 1.29 is 0 Å². The van der Waals surface area contributed by atoms with Crippen molar-refractivity contribution >= 4 is 39.4 Å². The Balaban J connectivity index is 2.42. The molecule has 0 radical (unpaired) electrons. The van der Waals surface area contributed by atoms with Gasteiger partial charge in [0.1, 0.15) is 0 Å². The molecule has 1 aromatic carbocycles. The standard InChI is InChI=1S/C6H4BClS2/c8-7-9-5-3-1-2-4-6(5)10-7/h1-4H. The van der Waals surface area contributed by atoms with E-state index in [0.717, 1.165) is 0 Å². The first kappa shape index (κ1) is 6.95. The van der Waals surface area contributed by atoms with E-state index in [1.54, 1.807) is 23.2 Å². The number of fused-ring (bicyclic) bond motifs is 1. The van der Waals surface area contributed by atoms with E-state index in [1.807, 2.05) is 12.1 Å². The minimum Gasteiger partial charge on any atom is -0.162 e. The molecule has 0 atom stereocenters. The largest absolute Gasteiger partial charge is 0.388 e. The Morgan fingerprint density at radius 3 is 2.10 bits per heavy atom. The summed E-state index contributed by atoms with van der Waals surface area (Å²) in [4.78, 5) is 2.63. The Morgan fingerprint density at radius 1 is 1.10 bits per heavy atom. The summed E-state index contributed by atoms with van der Waals surface area (Å²) in [7, 11) is 0. The molecule has 0 saturated heterocycles. The second kappa shape index (κ2) is 2.72. The number of benzene rings is 1. The average Bonchev–Trinajstić information content (AvgIpc) is 2.27. The molecule has 4 heteroatoms. The van der Waals surface area contributed by atoms with Crippen LogP contribution in [0.1, 0.15) is 0 Å². The Bertz CT molecular complexity index is 228. The highest BCUT2D eigenvalue weighted by Crippen LogP contribution is 2.46. The SMILES string of the molecule is ClB1Sc2ccccc2S1. The van der Waals surface area contributed by atoms with E-state index in [0.29, 0.717) is 0 Å². The van der Waals surface area contributed by atoms with Gasteiger partial charge in [0.05, 0.1) is 0 Å². The molecule has 0 aromatic heterocycles. The maximum Gasteiger partial charge on any atom is 0.388 e. The van der Waals surface area contributed by atoms with E-state index < -0.39 is 0 Å².